The van der Waals surface area contributed by atoms with Gasteiger partial charge in [0.1, 0.15) is 0 Å². The second-order valence-electron chi connectivity index (χ2n) is 8.53. The van der Waals surface area contributed by atoms with E-state index in [0.29, 0.717) is 31.1 Å². The van der Waals surface area contributed by atoms with Gasteiger partial charge in [-0.3, -0.25) is 9.59 Å². The molecule has 2 fully saturated rings. The Kier molecular flexibility index (Phi) is 5.78. The number of rotatable bonds is 4. The van der Waals surface area contributed by atoms with E-state index in [2.05, 4.69) is 27.4 Å². The Bertz CT molecular complexity index is 887. The molecule has 1 saturated carbocycles. The predicted molar refractivity (Wildman–Crippen MR) is 114 cm³/mol. The number of ether oxygens (including phenoxy) is 1. The molecule has 8 heteroatoms. The van der Waals surface area contributed by atoms with Crippen molar-refractivity contribution in [3.8, 4) is 6.19 Å². The number of likely N-dealkylation sites (tertiary alicyclic amines) is 1. The number of fused-ring (bicyclic) bond motifs is 2. The number of benzene rings is 1. The van der Waals surface area contributed by atoms with Gasteiger partial charge in [0.05, 0.1) is 30.6 Å². The first kappa shape index (κ1) is 21.1. The summed E-state index contributed by atoms with van der Waals surface area (Å²) in [5.74, 6) is -1.18. The lowest BCUT2D eigenvalue weighted by atomic mass is 9.60. The summed E-state index contributed by atoms with van der Waals surface area (Å²) in [7, 11) is 1.34. The number of esters is 1. The number of nitrogens with one attached hydrogen (secondary N) is 1. The Balaban J connectivity index is 1.79. The van der Waals surface area contributed by atoms with Crippen LogP contribution in [0.15, 0.2) is 24.3 Å². The minimum atomic E-state index is -0.899. The number of halogens is 1. The number of anilines is 1. The number of nitrogens with zero attached hydrogens (tertiary/aromatic N) is 2. The van der Waals surface area contributed by atoms with Crippen molar-refractivity contribution in [2.45, 2.75) is 43.2 Å². The number of aliphatic hydroxyl groups excluding tert-OH is 1. The molecule has 2 aliphatic heterocycles. The lowest BCUT2D eigenvalue weighted by molar-refractivity contribution is -0.160. The van der Waals surface area contributed by atoms with Crippen molar-refractivity contribution in [3.63, 3.8) is 0 Å². The molecule has 7 nitrogen and oxygen atoms in total. The highest BCUT2D eigenvalue weighted by atomic mass is 79.9. The highest BCUT2D eigenvalue weighted by Crippen LogP contribution is 2.51. The lowest BCUT2D eigenvalue weighted by Gasteiger charge is -2.52. The van der Waals surface area contributed by atoms with Crippen molar-refractivity contribution >= 4 is 33.5 Å². The van der Waals surface area contributed by atoms with E-state index < -0.39 is 29.4 Å². The van der Waals surface area contributed by atoms with Gasteiger partial charge >= 0.3 is 5.97 Å². The van der Waals surface area contributed by atoms with E-state index in [1.807, 2.05) is 24.3 Å². The van der Waals surface area contributed by atoms with Gasteiger partial charge in [-0.15, -0.1) is 0 Å². The SMILES string of the molecule is COC(=O)[C@@H]1C2CC([C@@]3(CCBr)C(=O)Nc4ccccc43)N(C#N)C[C@@H]2CC[C@@H]1O. The molecule has 1 aromatic carbocycles. The largest absolute Gasteiger partial charge is 0.469 e. The summed E-state index contributed by atoms with van der Waals surface area (Å²) in [6.07, 6.45) is 3.84. The molecule has 0 aromatic heterocycles. The number of alkyl halides is 1. The number of amides is 1. The molecular weight excluding hydrogens is 450 g/mol. The summed E-state index contributed by atoms with van der Waals surface area (Å²) in [5.41, 5.74) is 0.768. The third-order valence-corrected chi connectivity index (χ3v) is 7.73. The normalized spacial score (nSPS) is 35.1. The average molecular weight is 476 g/mol. The second-order valence-corrected chi connectivity index (χ2v) is 9.32. The molecule has 2 N–H and O–H groups in total. The van der Waals surface area contributed by atoms with Crippen LogP contribution in [0.1, 0.15) is 31.2 Å². The van der Waals surface area contributed by atoms with Crippen LogP contribution in [0.2, 0.25) is 0 Å². The summed E-state index contributed by atoms with van der Waals surface area (Å²) < 4.78 is 5.01. The molecule has 30 heavy (non-hydrogen) atoms. The van der Waals surface area contributed by atoms with Crippen molar-refractivity contribution in [1.29, 1.82) is 5.26 Å². The number of carbonyl (C=O) groups excluding carboxylic acids is 2. The zero-order valence-electron chi connectivity index (χ0n) is 16.9. The van der Waals surface area contributed by atoms with Gasteiger partial charge in [0.15, 0.2) is 6.19 Å². The number of piperidine rings is 1. The number of hydrogen-bond donors (Lipinski definition) is 2. The summed E-state index contributed by atoms with van der Waals surface area (Å²) in [6, 6.07) is 7.22. The van der Waals surface area contributed by atoms with Crippen LogP contribution < -0.4 is 5.32 Å². The first-order chi connectivity index (χ1) is 14.5. The van der Waals surface area contributed by atoms with Gasteiger partial charge in [0, 0.05) is 17.6 Å². The predicted octanol–water partition coefficient (Wildman–Crippen LogP) is 2.39. The molecular formula is C22H26BrN3O4. The molecule has 1 aromatic rings. The van der Waals surface area contributed by atoms with Crippen LogP contribution in [0.4, 0.5) is 5.69 Å². The summed E-state index contributed by atoms with van der Waals surface area (Å²) in [4.78, 5) is 27.7. The Morgan fingerprint density at radius 2 is 2.20 bits per heavy atom. The smallest absolute Gasteiger partial charge is 0.311 e. The molecule has 0 radical (unpaired) electrons. The standard InChI is InChI=1S/C22H26BrN3O4/c1-30-20(28)19-14-10-18(26(12-24)11-13(14)6-7-17(19)27)22(8-9-23)15-4-2-3-5-16(15)25-21(22)29/h2-5,13-14,17-19,27H,6-11H2,1H3,(H,25,29)/t13-,14?,17-,18?,19+,22-/m0/s1. The maximum atomic E-state index is 13.4. The van der Waals surface area contributed by atoms with E-state index in [0.717, 1.165) is 17.7 Å². The molecule has 1 aliphatic carbocycles. The lowest BCUT2D eigenvalue weighted by Crippen LogP contribution is -2.61. The van der Waals surface area contributed by atoms with Crippen LogP contribution in [0, 0.1) is 29.2 Å². The zero-order chi connectivity index (χ0) is 21.5. The highest BCUT2D eigenvalue weighted by molar-refractivity contribution is 9.09. The van der Waals surface area contributed by atoms with Crippen LogP contribution in [0.5, 0.6) is 0 Å². The first-order valence-corrected chi connectivity index (χ1v) is 11.5. The topological polar surface area (TPSA) is 103 Å². The Morgan fingerprint density at radius 1 is 1.43 bits per heavy atom. The van der Waals surface area contributed by atoms with Crippen LogP contribution in [-0.4, -0.2) is 53.0 Å². The maximum Gasteiger partial charge on any atom is 0.311 e. The van der Waals surface area contributed by atoms with Gasteiger partial charge in [-0.2, -0.15) is 5.26 Å². The van der Waals surface area contributed by atoms with E-state index in [1.54, 1.807) is 4.90 Å². The quantitative estimate of drug-likeness (QED) is 0.393. The third-order valence-electron chi connectivity index (χ3n) is 7.34. The second kappa shape index (κ2) is 8.20. The summed E-state index contributed by atoms with van der Waals surface area (Å²) >= 11 is 3.51. The maximum absolute atomic E-state index is 13.4. The van der Waals surface area contributed by atoms with Crippen LogP contribution >= 0.6 is 15.9 Å². The molecule has 160 valence electrons. The zero-order valence-corrected chi connectivity index (χ0v) is 18.5. The minimum Gasteiger partial charge on any atom is -0.469 e. The Hall–Kier alpha value is -2.11. The van der Waals surface area contributed by atoms with E-state index >= 15 is 0 Å². The number of para-hydroxylation sites is 1. The minimum absolute atomic E-state index is 0.106. The number of carbonyl (C=O) groups is 2. The van der Waals surface area contributed by atoms with E-state index in [1.165, 1.54) is 7.11 Å². The van der Waals surface area contributed by atoms with Gasteiger partial charge in [-0.05, 0) is 49.1 Å². The molecule has 3 aliphatic rings. The number of hydrogen-bond acceptors (Lipinski definition) is 6. The molecule has 4 rings (SSSR count). The molecule has 6 atom stereocenters. The van der Waals surface area contributed by atoms with Crippen LogP contribution in [-0.2, 0) is 19.7 Å². The van der Waals surface area contributed by atoms with Gasteiger partial charge in [-0.1, -0.05) is 34.1 Å². The molecule has 2 heterocycles. The van der Waals surface area contributed by atoms with Gasteiger partial charge in [0.2, 0.25) is 5.91 Å². The van der Waals surface area contributed by atoms with Crippen LogP contribution in [0.25, 0.3) is 0 Å². The molecule has 2 unspecified atom stereocenters. The summed E-state index contributed by atoms with van der Waals surface area (Å²) in [6.45, 7) is 0.478. The van der Waals surface area contributed by atoms with Crippen LogP contribution in [0.3, 0.4) is 0 Å². The van der Waals surface area contributed by atoms with Gasteiger partial charge in [0.25, 0.3) is 0 Å². The highest BCUT2D eigenvalue weighted by Gasteiger charge is 2.58. The van der Waals surface area contributed by atoms with Crippen molar-refractivity contribution in [2.24, 2.45) is 17.8 Å². The first-order valence-electron chi connectivity index (χ1n) is 10.4. The van der Waals surface area contributed by atoms with E-state index in [4.69, 9.17) is 4.74 Å². The Labute approximate surface area is 184 Å². The van der Waals surface area contributed by atoms with Gasteiger partial charge in [-0.25, -0.2) is 0 Å². The van der Waals surface area contributed by atoms with Crippen molar-refractivity contribution in [3.05, 3.63) is 29.8 Å². The van der Waals surface area contributed by atoms with Crippen molar-refractivity contribution < 1.29 is 19.4 Å². The molecule has 1 saturated heterocycles. The number of nitriles is 1. The molecule has 0 spiro atoms. The molecule has 0 bridgehead atoms. The Morgan fingerprint density at radius 3 is 2.90 bits per heavy atom. The summed E-state index contributed by atoms with van der Waals surface area (Å²) in [5, 5.41) is 24.2. The fraction of sp³-hybridized carbons (Fsp3) is 0.591. The van der Waals surface area contributed by atoms with E-state index in [-0.39, 0.29) is 17.7 Å². The number of aliphatic hydroxyl groups is 1. The van der Waals surface area contributed by atoms with Gasteiger partial charge < -0.3 is 20.1 Å². The number of methoxy groups -OCH3 is 1. The fourth-order valence-corrected chi connectivity index (χ4v) is 6.59. The monoisotopic (exact) mass is 475 g/mol. The third kappa shape index (κ3) is 3.10. The van der Waals surface area contributed by atoms with Crippen molar-refractivity contribution in [2.75, 3.05) is 24.3 Å². The molecule has 1 amide bonds. The average Bonchev–Trinajstić information content (AvgIpc) is 3.04. The van der Waals surface area contributed by atoms with Crippen molar-refractivity contribution in [1.82, 2.24) is 4.90 Å². The fourth-order valence-electron chi connectivity index (χ4n) is 5.97. The van der Waals surface area contributed by atoms with E-state index in [9.17, 15) is 20.0 Å².